The smallest absolute Gasteiger partial charge is 0.306 e. The number of carbonyl (C=O) groups is 3. The van der Waals surface area contributed by atoms with Crippen LogP contribution in [0.15, 0.2) is 122 Å². The van der Waals surface area contributed by atoms with Crippen molar-refractivity contribution in [3.05, 3.63) is 122 Å². The highest BCUT2D eigenvalue weighted by Crippen LogP contribution is 2.13. The van der Waals surface area contributed by atoms with Crippen LogP contribution in [0.4, 0.5) is 0 Å². The molecular weight excluding hydrogens is 793 g/mol. The van der Waals surface area contributed by atoms with Gasteiger partial charge in [0, 0.05) is 19.3 Å². The minimum absolute atomic E-state index is 0.112. The number of unbranched alkanes of at least 4 members (excludes halogenated alkanes) is 16. The molecule has 0 aliphatic rings. The summed E-state index contributed by atoms with van der Waals surface area (Å²) in [7, 11) is 0. The summed E-state index contributed by atoms with van der Waals surface area (Å²) in [6.45, 7) is 6.29. The minimum atomic E-state index is -0.814. The Kier molecular flexibility index (Phi) is 48.1. The Balaban J connectivity index is 4.52. The van der Waals surface area contributed by atoms with Crippen LogP contribution in [-0.2, 0) is 28.6 Å². The zero-order valence-electron chi connectivity index (χ0n) is 41.0. The number of carbonyl (C=O) groups excluding carboxylic acids is 3. The number of rotatable bonds is 44. The molecule has 0 bridgehead atoms. The Labute approximate surface area is 392 Å². The quantitative estimate of drug-likeness (QED) is 0.0199. The van der Waals surface area contributed by atoms with Crippen LogP contribution in [-0.4, -0.2) is 37.2 Å². The monoisotopic (exact) mass is 885 g/mol. The second-order valence-electron chi connectivity index (χ2n) is 16.4. The number of ether oxygens (including phenoxy) is 3. The topological polar surface area (TPSA) is 78.9 Å². The first kappa shape index (κ1) is 59.8. The molecule has 0 aromatic rings. The molecule has 64 heavy (non-hydrogen) atoms. The van der Waals surface area contributed by atoms with Crippen LogP contribution >= 0.6 is 0 Å². The third-order valence-electron chi connectivity index (χ3n) is 10.3. The molecule has 0 amide bonds. The lowest BCUT2D eigenvalue weighted by Gasteiger charge is -2.18. The van der Waals surface area contributed by atoms with Crippen LogP contribution in [0.25, 0.3) is 0 Å². The fourth-order valence-corrected chi connectivity index (χ4v) is 6.48. The van der Waals surface area contributed by atoms with Crippen LogP contribution in [0.2, 0.25) is 0 Å². The van der Waals surface area contributed by atoms with Crippen molar-refractivity contribution in [1.82, 2.24) is 0 Å². The van der Waals surface area contributed by atoms with Crippen molar-refractivity contribution in [3.8, 4) is 0 Å². The van der Waals surface area contributed by atoms with E-state index in [4.69, 9.17) is 14.2 Å². The van der Waals surface area contributed by atoms with Gasteiger partial charge in [-0.05, 0) is 109 Å². The molecule has 6 heteroatoms. The van der Waals surface area contributed by atoms with Crippen LogP contribution < -0.4 is 0 Å². The van der Waals surface area contributed by atoms with Crippen molar-refractivity contribution in [2.45, 2.75) is 213 Å². The van der Waals surface area contributed by atoms with E-state index in [1.807, 2.05) is 0 Å². The predicted octanol–water partition coefficient (Wildman–Crippen LogP) is 16.9. The van der Waals surface area contributed by atoms with Crippen molar-refractivity contribution in [3.63, 3.8) is 0 Å². The van der Waals surface area contributed by atoms with E-state index in [1.54, 1.807) is 0 Å². The predicted molar refractivity (Wildman–Crippen MR) is 274 cm³/mol. The molecule has 1 atom stereocenters. The van der Waals surface area contributed by atoms with E-state index < -0.39 is 6.10 Å². The van der Waals surface area contributed by atoms with Gasteiger partial charge in [-0.15, -0.1) is 0 Å². The van der Waals surface area contributed by atoms with Gasteiger partial charge < -0.3 is 14.2 Å². The van der Waals surface area contributed by atoms with Gasteiger partial charge in [0.15, 0.2) is 6.10 Å². The lowest BCUT2D eigenvalue weighted by atomic mass is 10.1. The third kappa shape index (κ3) is 48.8. The molecular formula is C58H92O6. The van der Waals surface area contributed by atoms with Gasteiger partial charge in [-0.3, -0.25) is 14.4 Å². The van der Waals surface area contributed by atoms with Crippen molar-refractivity contribution in [1.29, 1.82) is 0 Å². The number of allylic oxidation sites excluding steroid dienone is 20. The maximum absolute atomic E-state index is 12.8. The fraction of sp³-hybridized carbons (Fsp3) is 0.603. The summed E-state index contributed by atoms with van der Waals surface area (Å²) < 4.78 is 16.7. The average molecular weight is 885 g/mol. The van der Waals surface area contributed by atoms with Crippen LogP contribution in [0.1, 0.15) is 207 Å². The van der Waals surface area contributed by atoms with Gasteiger partial charge in [0.1, 0.15) is 13.2 Å². The Hall–Kier alpha value is -4.19. The van der Waals surface area contributed by atoms with Crippen LogP contribution in [0.5, 0.6) is 0 Å². The number of esters is 3. The summed E-state index contributed by atoms with van der Waals surface area (Å²) in [5.41, 5.74) is 0. The normalized spacial score (nSPS) is 13.1. The zero-order chi connectivity index (χ0) is 46.5. The largest absolute Gasteiger partial charge is 0.462 e. The highest BCUT2D eigenvalue weighted by Gasteiger charge is 2.19. The van der Waals surface area contributed by atoms with E-state index in [2.05, 4.69) is 142 Å². The fourth-order valence-electron chi connectivity index (χ4n) is 6.48. The van der Waals surface area contributed by atoms with Crippen molar-refractivity contribution in [2.24, 2.45) is 0 Å². The first-order valence-electron chi connectivity index (χ1n) is 25.6. The molecule has 0 radical (unpaired) electrons. The molecule has 1 unspecified atom stereocenters. The lowest BCUT2D eigenvalue weighted by Crippen LogP contribution is -2.30. The summed E-state index contributed by atoms with van der Waals surface area (Å²) in [5, 5.41) is 0. The highest BCUT2D eigenvalue weighted by molar-refractivity contribution is 5.71. The van der Waals surface area contributed by atoms with Gasteiger partial charge >= 0.3 is 17.9 Å². The molecule has 0 saturated carbocycles. The third-order valence-corrected chi connectivity index (χ3v) is 10.3. The summed E-state index contributed by atoms with van der Waals surface area (Å²) in [5.74, 6) is -0.995. The van der Waals surface area contributed by atoms with Gasteiger partial charge in [0.25, 0.3) is 0 Å². The van der Waals surface area contributed by atoms with Crippen LogP contribution in [0.3, 0.4) is 0 Å². The van der Waals surface area contributed by atoms with Crippen molar-refractivity contribution < 1.29 is 28.6 Å². The second-order valence-corrected chi connectivity index (χ2v) is 16.4. The molecule has 0 saturated heterocycles. The molecule has 0 aromatic carbocycles. The maximum atomic E-state index is 12.8. The second kappa shape index (κ2) is 51.4. The van der Waals surface area contributed by atoms with Crippen molar-refractivity contribution >= 4 is 17.9 Å². The Morgan fingerprint density at radius 2 is 0.672 bits per heavy atom. The van der Waals surface area contributed by atoms with E-state index in [0.717, 1.165) is 135 Å². The standard InChI is InChI=1S/C58H92O6/c1-4-7-10-13-16-19-22-25-27-29-30-32-33-36-39-42-45-48-51-57(60)63-54-55(53-62-56(59)50-47-44-41-38-35-24-21-18-15-12-9-6-3)64-58(61)52-49-46-43-40-37-34-31-28-26-23-20-17-14-11-8-5-2/h8-9,11-12,16-22,25-30,32,35,38,55H,4-7,10,13-15,23-24,31,33-34,36-37,39-54H2,1-3H3/b11-8-,12-9-,19-16-,20-17-,21-18-,25-22-,28-26-,29-27-,32-30-,38-35-. The van der Waals surface area contributed by atoms with E-state index in [1.165, 1.54) is 32.1 Å². The Bertz CT molecular complexity index is 1390. The summed E-state index contributed by atoms with van der Waals surface area (Å²) in [4.78, 5) is 38.0. The first-order valence-corrected chi connectivity index (χ1v) is 25.6. The van der Waals surface area contributed by atoms with E-state index >= 15 is 0 Å². The molecule has 0 rings (SSSR count). The summed E-state index contributed by atoms with van der Waals surface area (Å²) in [6, 6.07) is 0. The van der Waals surface area contributed by atoms with Gasteiger partial charge in [-0.1, -0.05) is 200 Å². The maximum Gasteiger partial charge on any atom is 0.306 e. The lowest BCUT2D eigenvalue weighted by molar-refractivity contribution is -0.167. The number of hydrogen-bond donors (Lipinski definition) is 0. The molecule has 6 nitrogen and oxygen atoms in total. The molecule has 0 heterocycles. The summed E-state index contributed by atoms with van der Waals surface area (Å²) in [6.07, 6.45) is 70.4. The van der Waals surface area contributed by atoms with E-state index in [-0.39, 0.29) is 31.1 Å². The molecule has 0 aliphatic carbocycles. The number of hydrogen-bond acceptors (Lipinski definition) is 6. The highest BCUT2D eigenvalue weighted by atomic mass is 16.6. The van der Waals surface area contributed by atoms with Gasteiger partial charge in [0.2, 0.25) is 0 Å². The Morgan fingerprint density at radius 3 is 1.12 bits per heavy atom. The molecule has 0 N–H and O–H groups in total. The molecule has 0 aromatic heterocycles. The van der Waals surface area contributed by atoms with Gasteiger partial charge in [0.05, 0.1) is 0 Å². The van der Waals surface area contributed by atoms with Gasteiger partial charge in [-0.2, -0.15) is 0 Å². The SMILES string of the molecule is CC/C=C\C/C=C\C/C=C\CCCCCCCCC(=O)OC(COC(=O)CCCC/C=C\C/C=C\C/C=C\CC)COC(=O)CCCCCCC\C=C/C=C\C=C/C=C\CCCCC. The zero-order valence-corrected chi connectivity index (χ0v) is 41.0. The molecule has 360 valence electrons. The van der Waals surface area contributed by atoms with Gasteiger partial charge in [-0.25, -0.2) is 0 Å². The first-order chi connectivity index (χ1) is 31.5. The van der Waals surface area contributed by atoms with E-state index in [9.17, 15) is 14.4 Å². The van der Waals surface area contributed by atoms with E-state index in [0.29, 0.717) is 19.3 Å². The van der Waals surface area contributed by atoms with Crippen molar-refractivity contribution in [2.75, 3.05) is 13.2 Å². The molecule has 0 aliphatic heterocycles. The summed E-state index contributed by atoms with van der Waals surface area (Å²) >= 11 is 0. The molecule has 0 fully saturated rings. The average Bonchev–Trinajstić information content (AvgIpc) is 3.29. The minimum Gasteiger partial charge on any atom is -0.462 e. The Morgan fingerprint density at radius 1 is 0.344 bits per heavy atom. The molecule has 0 spiro atoms. The van der Waals surface area contributed by atoms with Crippen LogP contribution in [0, 0.1) is 0 Å².